The van der Waals surface area contributed by atoms with Gasteiger partial charge >= 0.3 is 0 Å². The van der Waals surface area contributed by atoms with Gasteiger partial charge in [-0.05, 0) is 53.9 Å². The van der Waals surface area contributed by atoms with Gasteiger partial charge in [-0.1, -0.05) is 12.1 Å². The lowest BCUT2D eigenvalue weighted by molar-refractivity contribution is -0.123. The zero-order valence-electron chi connectivity index (χ0n) is 15.2. The first kappa shape index (κ1) is 17.8. The Kier molecular flexibility index (Phi) is 5.05. The SMILES string of the molecule is O=C(COc1ccc2c(c1)CCC(=O)N2)NCc1ccc(-n2cccn2)cc1. The molecule has 0 atom stereocenters. The number of fused-ring (bicyclic) bond motifs is 1. The van der Waals surface area contributed by atoms with Crippen molar-refractivity contribution in [3.8, 4) is 11.4 Å². The van der Waals surface area contributed by atoms with E-state index in [0.717, 1.165) is 22.5 Å². The Bertz CT molecular complexity index is 981. The molecule has 0 saturated carbocycles. The van der Waals surface area contributed by atoms with Crippen LogP contribution in [0.1, 0.15) is 17.5 Å². The van der Waals surface area contributed by atoms with E-state index < -0.39 is 0 Å². The number of nitrogens with zero attached hydrogens (tertiary/aromatic N) is 2. The highest BCUT2D eigenvalue weighted by atomic mass is 16.5. The number of ether oxygens (including phenoxy) is 1. The van der Waals surface area contributed by atoms with E-state index in [2.05, 4.69) is 15.7 Å². The Balaban J connectivity index is 1.26. The summed E-state index contributed by atoms with van der Waals surface area (Å²) in [5.74, 6) is 0.453. The van der Waals surface area contributed by atoms with Gasteiger partial charge in [-0.2, -0.15) is 5.10 Å². The van der Waals surface area contributed by atoms with Crippen molar-refractivity contribution in [1.29, 1.82) is 0 Å². The van der Waals surface area contributed by atoms with E-state index in [9.17, 15) is 9.59 Å². The minimum absolute atomic E-state index is 0.0261. The summed E-state index contributed by atoms with van der Waals surface area (Å²) in [7, 11) is 0. The molecule has 0 aliphatic carbocycles. The fourth-order valence-electron chi connectivity index (χ4n) is 3.04. The van der Waals surface area contributed by atoms with Crippen molar-refractivity contribution in [3.63, 3.8) is 0 Å². The fraction of sp³-hybridized carbons (Fsp3) is 0.190. The van der Waals surface area contributed by atoms with Crippen LogP contribution in [0.25, 0.3) is 5.69 Å². The molecule has 1 aromatic heterocycles. The number of anilines is 1. The van der Waals surface area contributed by atoms with Crippen molar-refractivity contribution in [3.05, 3.63) is 72.1 Å². The van der Waals surface area contributed by atoms with Crippen LogP contribution in [0.4, 0.5) is 5.69 Å². The molecule has 1 aliphatic heterocycles. The number of nitrogens with one attached hydrogen (secondary N) is 2. The molecule has 1 aliphatic rings. The summed E-state index contributed by atoms with van der Waals surface area (Å²) in [6.07, 6.45) is 4.75. The monoisotopic (exact) mass is 376 g/mol. The number of hydrogen-bond acceptors (Lipinski definition) is 4. The first-order chi connectivity index (χ1) is 13.7. The molecule has 7 heteroatoms. The molecule has 0 bridgehead atoms. The normalized spacial score (nSPS) is 12.8. The van der Waals surface area contributed by atoms with Crippen LogP contribution in [0.5, 0.6) is 5.75 Å². The van der Waals surface area contributed by atoms with Crippen LogP contribution in [0.3, 0.4) is 0 Å². The number of aryl methyl sites for hydroxylation is 1. The van der Waals surface area contributed by atoms with Gasteiger partial charge in [0, 0.05) is 31.0 Å². The van der Waals surface area contributed by atoms with E-state index in [-0.39, 0.29) is 18.4 Å². The van der Waals surface area contributed by atoms with Gasteiger partial charge in [0.2, 0.25) is 5.91 Å². The van der Waals surface area contributed by atoms with Gasteiger partial charge in [-0.15, -0.1) is 0 Å². The summed E-state index contributed by atoms with van der Waals surface area (Å²) >= 11 is 0. The molecule has 2 aromatic carbocycles. The largest absolute Gasteiger partial charge is 0.484 e. The van der Waals surface area contributed by atoms with Crippen molar-refractivity contribution >= 4 is 17.5 Å². The molecule has 142 valence electrons. The van der Waals surface area contributed by atoms with E-state index in [1.165, 1.54) is 0 Å². The minimum Gasteiger partial charge on any atom is -0.484 e. The molecule has 0 unspecified atom stereocenters. The van der Waals surface area contributed by atoms with E-state index >= 15 is 0 Å². The number of carbonyl (C=O) groups is 2. The molecular weight excluding hydrogens is 356 g/mol. The molecule has 2 amide bonds. The predicted octanol–water partition coefficient (Wildman–Crippen LogP) is 2.45. The molecule has 28 heavy (non-hydrogen) atoms. The Hall–Kier alpha value is -3.61. The lowest BCUT2D eigenvalue weighted by atomic mass is 10.0. The standard InChI is InChI=1S/C21H20N4O3/c26-20-9-4-16-12-18(7-8-19(16)24-20)28-14-21(27)22-13-15-2-5-17(6-3-15)25-11-1-10-23-25/h1-3,5-8,10-12H,4,9,13-14H2,(H,22,27)(H,24,26). The number of benzene rings is 2. The maximum Gasteiger partial charge on any atom is 0.258 e. The smallest absolute Gasteiger partial charge is 0.258 e. The molecule has 0 radical (unpaired) electrons. The highest BCUT2D eigenvalue weighted by Crippen LogP contribution is 2.26. The molecule has 0 saturated heterocycles. The van der Waals surface area contributed by atoms with Crippen LogP contribution in [0.2, 0.25) is 0 Å². The topological polar surface area (TPSA) is 85.3 Å². The summed E-state index contributed by atoms with van der Waals surface area (Å²) in [4.78, 5) is 23.5. The van der Waals surface area contributed by atoms with Gasteiger partial charge in [0.25, 0.3) is 5.91 Å². The van der Waals surface area contributed by atoms with Crippen molar-refractivity contribution in [2.45, 2.75) is 19.4 Å². The molecule has 2 heterocycles. The van der Waals surface area contributed by atoms with Crippen LogP contribution >= 0.6 is 0 Å². The molecule has 7 nitrogen and oxygen atoms in total. The van der Waals surface area contributed by atoms with Gasteiger partial charge in [0.15, 0.2) is 6.61 Å². The number of rotatable bonds is 6. The summed E-state index contributed by atoms with van der Waals surface area (Å²) < 4.78 is 7.36. The first-order valence-corrected chi connectivity index (χ1v) is 9.08. The Morgan fingerprint density at radius 2 is 2.04 bits per heavy atom. The number of aromatic nitrogens is 2. The van der Waals surface area contributed by atoms with Gasteiger partial charge in [-0.3, -0.25) is 9.59 Å². The first-order valence-electron chi connectivity index (χ1n) is 9.08. The summed E-state index contributed by atoms with van der Waals surface area (Å²) in [5, 5.41) is 9.86. The third-order valence-corrected chi connectivity index (χ3v) is 4.54. The quantitative estimate of drug-likeness (QED) is 0.692. The van der Waals surface area contributed by atoms with Crippen LogP contribution in [0, 0.1) is 0 Å². The predicted molar refractivity (Wildman–Crippen MR) is 104 cm³/mol. The van der Waals surface area contributed by atoms with Crippen molar-refractivity contribution < 1.29 is 14.3 Å². The Labute approximate surface area is 162 Å². The van der Waals surface area contributed by atoms with Crippen LogP contribution in [0.15, 0.2) is 60.9 Å². The Morgan fingerprint density at radius 1 is 1.18 bits per heavy atom. The van der Waals surface area contributed by atoms with Crippen molar-refractivity contribution in [1.82, 2.24) is 15.1 Å². The average Bonchev–Trinajstić information content (AvgIpc) is 3.26. The van der Waals surface area contributed by atoms with Crippen molar-refractivity contribution in [2.24, 2.45) is 0 Å². The Morgan fingerprint density at radius 3 is 2.82 bits per heavy atom. The maximum atomic E-state index is 12.1. The molecular formula is C21H20N4O3. The molecule has 0 fully saturated rings. The third kappa shape index (κ3) is 4.20. The van der Waals surface area contributed by atoms with Gasteiger partial charge in [-0.25, -0.2) is 4.68 Å². The molecule has 0 spiro atoms. The zero-order chi connectivity index (χ0) is 19.3. The van der Waals surface area contributed by atoms with E-state index in [4.69, 9.17) is 4.74 Å². The van der Waals surface area contributed by atoms with Crippen LogP contribution in [-0.4, -0.2) is 28.2 Å². The number of hydrogen-bond donors (Lipinski definition) is 2. The lowest BCUT2D eigenvalue weighted by Crippen LogP contribution is -2.28. The second-order valence-electron chi connectivity index (χ2n) is 6.55. The van der Waals surface area contributed by atoms with Crippen LogP contribution in [-0.2, 0) is 22.6 Å². The minimum atomic E-state index is -0.192. The lowest BCUT2D eigenvalue weighted by Gasteiger charge is -2.17. The summed E-state index contributed by atoms with van der Waals surface area (Å²) in [6, 6.07) is 15.1. The number of carbonyl (C=O) groups excluding carboxylic acids is 2. The zero-order valence-corrected chi connectivity index (χ0v) is 15.2. The summed E-state index contributed by atoms with van der Waals surface area (Å²) in [5.41, 5.74) is 3.79. The van der Waals surface area contributed by atoms with Crippen molar-refractivity contribution in [2.75, 3.05) is 11.9 Å². The second-order valence-corrected chi connectivity index (χ2v) is 6.55. The number of amides is 2. The molecule has 4 rings (SSSR count). The van der Waals surface area contributed by atoms with Gasteiger partial charge in [0.05, 0.1) is 5.69 Å². The van der Waals surface area contributed by atoms with E-state index in [1.54, 1.807) is 23.0 Å². The van der Waals surface area contributed by atoms with Gasteiger partial charge < -0.3 is 15.4 Å². The van der Waals surface area contributed by atoms with E-state index in [1.807, 2.05) is 42.6 Å². The molecule has 2 N–H and O–H groups in total. The average molecular weight is 376 g/mol. The van der Waals surface area contributed by atoms with Gasteiger partial charge in [0.1, 0.15) is 5.75 Å². The fourth-order valence-corrected chi connectivity index (χ4v) is 3.04. The second kappa shape index (κ2) is 7.96. The highest BCUT2D eigenvalue weighted by Gasteiger charge is 2.15. The van der Waals surface area contributed by atoms with Crippen LogP contribution < -0.4 is 15.4 Å². The highest BCUT2D eigenvalue weighted by molar-refractivity contribution is 5.94. The van der Waals surface area contributed by atoms with E-state index in [0.29, 0.717) is 25.1 Å². The summed E-state index contributed by atoms with van der Waals surface area (Å²) in [6.45, 7) is 0.369. The maximum absolute atomic E-state index is 12.1. The third-order valence-electron chi connectivity index (χ3n) is 4.54. The molecule has 3 aromatic rings.